The Hall–Kier alpha value is -2.80. The van der Waals surface area contributed by atoms with E-state index in [1.165, 1.54) is 18.3 Å². The van der Waals surface area contributed by atoms with E-state index in [-0.39, 0.29) is 4.90 Å². The Morgan fingerprint density at radius 1 is 0.960 bits per heavy atom. The van der Waals surface area contributed by atoms with Gasteiger partial charge in [-0.25, -0.2) is 0 Å². The maximum absolute atomic E-state index is 12.5. The highest BCUT2D eigenvalue weighted by molar-refractivity contribution is 7.90. The quantitative estimate of drug-likeness (QED) is 0.671. The molecule has 0 bridgehead atoms. The number of furan rings is 1. The highest BCUT2D eigenvalue weighted by Crippen LogP contribution is 2.32. The molecule has 4 rings (SSSR count). The first-order valence-electron chi connectivity index (χ1n) is 7.80. The van der Waals surface area contributed by atoms with E-state index in [9.17, 15) is 8.42 Å². The lowest BCUT2D eigenvalue weighted by Crippen LogP contribution is -1.99. The van der Waals surface area contributed by atoms with Crippen molar-refractivity contribution < 1.29 is 22.3 Å². The van der Waals surface area contributed by atoms with Gasteiger partial charge in [-0.1, -0.05) is 18.2 Å². The number of sulfonamides is 1. The molecule has 1 aromatic heterocycles. The molecule has 0 amide bonds. The molecule has 0 saturated carbocycles. The number of benzene rings is 2. The third kappa shape index (κ3) is 3.23. The van der Waals surface area contributed by atoms with Crippen molar-refractivity contribution in [3.63, 3.8) is 0 Å². The molecule has 2 heterocycles. The van der Waals surface area contributed by atoms with Crippen LogP contribution in [0.5, 0.6) is 11.5 Å². The lowest BCUT2D eigenvalue weighted by atomic mass is 10.2. The summed E-state index contributed by atoms with van der Waals surface area (Å²) < 4.78 is 45.2. The summed E-state index contributed by atoms with van der Waals surface area (Å²) in [4.78, 5) is 0.0455. The molecule has 0 unspecified atom stereocenters. The minimum Gasteiger partial charge on any atom is -0.490 e. The molecule has 25 heavy (non-hydrogen) atoms. The molecular formula is C18H15NO5S. The summed E-state index contributed by atoms with van der Waals surface area (Å²) in [7, 11) is -3.87. The average Bonchev–Trinajstić information content (AvgIpc) is 2.89. The van der Waals surface area contributed by atoms with Gasteiger partial charge in [0.25, 0.3) is 10.0 Å². The highest BCUT2D eigenvalue weighted by Gasteiger charge is 2.18. The van der Waals surface area contributed by atoms with Crippen molar-refractivity contribution in [2.24, 2.45) is 4.40 Å². The molecule has 1 aliphatic rings. The van der Waals surface area contributed by atoms with Crippen LogP contribution >= 0.6 is 0 Å². The molecule has 2 aromatic carbocycles. The molecule has 1 aliphatic heterocycles. The zero-order valence-corrected chi connectivity index (χ0v) is 14.0. The standard InChI is InChI=1S/C18H15NO5S/c20-25(21,15-6-7-17-18(11-15)23-9-3-8-22-17)19-12-14-10-13-4-1-2-5-16(13)24-14/h1-2,4-7,10-12H,3,8-9H2/b19-12-. The van der Waals surface area contributed by atoms with E-state index in [0.717, 1.165) is 11.8 Å². The second-order valence-corrected chi connectivity index (χ2v) is 7.19. The van der Waals surface area contributed by atoms with Crippen LogP contribution in [0.15, 0.2) is 62.2 Å². The SMILES string of the molecule is O=S(=O)(/N=C\c1cc2ccccc2o1)c1ccc2c(c1)OCCCO2. The second kappa shape index (κ2) is 6.25. The van der Waals surface area contributed by atoms with Crippen LogP contribution in [0.2, 0.25) is 0 Å². The molecule has 0 saturated heterocycles. The van der Waals surface area contributed by atoms with E-state index in [0.29, 0.717) is 36.1 Å². The molecule has 128 valence electrons. The van der Waals surface area contributed by atoms with Gasteiger partial charge in [0.1, 0.15) is 11.3 Å². The van der Waals surface area contributed by atoms with Crippen LogP contribution < -0.4 is 9.47 Å². The van der Waals surface area contributed by atoms with Crippen LogP contribution in [0, 0.1) is 0 Å². The van der Waals surface area contributed by atoms with Crippen molar-refractivity contribution in [1.29, 1.82) is 0 Å². The lowest BCUT2D eigenvalue weighted by molar-refractivity contribution is 0.297. The van der Waals surface area contributed by atoms with E-state index in [1.807, 2.05) is 24.3 Å². The van der Waals surface area contributed by atoms with Gasteiger partial charge in [0.15, 0.2) is 11.5 Å². The number of para-hydroxylation sites is 1. The summed E-state index contributed by atoms with van der Waals surface area (Å²) in [5.41, 5.74) is 0.678. The smallest absolute Gasteiger partial charge is 0.282 e. The van der Waals surface area contributed by atoms with Gasteiger partial charge in [-0.3, -0.25) is 0 Å². The number of rotatable bonds is 3. The summed E-state index contributed by atoms with van der Waals surface area (Å²) in [5, 5.41) is 0.886. The molecule has 0 radical (unpaired) electrons. The van der Waals surface area contributed by atoms with Crippen LogP contribution in [-0.4, -0.2) is 27.8 Å². The second-order valence-electron chi connectivity index (χ2n) is 5.56. The first-order valence-corrected chi connectivity index (χ1v) is 9.24. The Balaban J connectivity index is 1.64. The number of nitrogens with zero attached hydrogens (tertiary/aromatic N) is 1. The third-order valence-corrected chi connectivity index (χ3v) is 5.01. The molecular weight excluding hydrogens is 342 g/mol. The largest absolute Gasteiger partial charge is 0.490 e. The van der Waals surface area contributed by atoms with Crippen LogP contribution in [0.1, 0.15) is 12.2 Å². The summed E-state index contributed by atoms with van der Waals surface area (Å²) in [6.07, 6.45) is 1.96. The summed E-state index contributed by atoms with van der Waals surface area (Å²) in [6.45, 7) is 1.03. The van der Waals surface area contributed by atoms with Gasteiger partial charge in [0, 0.05) is 17.9 Å². The molecule has 0 fully saturated rings. The predicted molar refractivity (Wildman–Crippen MR) is 93.0 cm³/mol. The fourth-order valence-electron chi connectivity index (χ4n) is 2.55. The maximum Gasteiger partial charge on any atom is 0.282 e. The molecule has 0 N–H and O–H groups in total. The molecule has 3 aromatic rings. The third-order valence-electron chi connectivity index (χ3n) is 3.78. The molecule has 6 nitrogen and oxygen atoms in total. The van der Waals surface area contributed by atoms with E-state index < -0.39 is 10.0 Å². The van der Waals surface area contributed by atoms with Crippen molar-refractivity contribution in [2.45, 2.75) is 11.3 Å². The van der Waals surface area contributed by atoms with Gasteiger partial charge < -0.3 is 13.9 Å². The zero-order valence-electron chi connectivity index (χ0n) is 13.2. The number of hydrogen-bond donors (Lipinski definition) is 0. The minimum absolute atomic E-state index is 0.0455. The Bertz CT molecular complexity index is 1020. The normalized spacial score (nSPS) is 14.7. The Morgan fingerprint density at radius 3 is 2.60 bits per heavy atom. The van der Waals surface area contributed by atoms with Gasteiger partial charge >= 0.3 is 0 Å². The van der Waals surface area contributed by atoms with E-state index in [4.69, 9.17) is 13.9 Å². The molecule has 0 aliphatic carbocycles. The molecule has 7 heteroatoms. The summed E-state index contributed by atoms with van der Waals surface area (Å²) in [5.74, 6) is 1.33. The topological polar surface area (TPSA) is 78.1 Å². The van der Waals surface area contributed by atoms with Gasteiger partial charge in [0.2, 0.25) is 0 Å². The van der Waals surface area contributed by atoms with Gasteiger partial charge in [-0.2, -0.15) is 12.8 Å². The van der Waals surface area contributed by atoms with Crippen LogP contribution in [0.3, 0.4) is 0 Å². The van der Waals surface area contributed by atoms with E-state index >= 15 is 0 Å². The summed E-state index contributed by atoms with van der Waals surface area (Å²) in [6, 6.07) is 13.6. The minimum atomic E-state index is -3.87. The van der Waals surface area contributed by atoms with Crippen molar-refractivity contribution in [2.75, 3.05) is 13.2 Å². The van der Waals surface area contributed by atoms with Crippen LogP contribution in [0.4, 0.5) is 0 Å². The average molecular weight is 357 g/mol. The fraction of sp³-hybridized carbons (Fsp3) is 0.167. The number of ether oxygens (including phenoxy) is 2. The van der Waals surface area contributed by atoms with Crippen molar-refractivity contribution in [3.8, 4) is 11.5 Å². The van der Waals surface area contributed by atoms with Crippen molar-refractivity contribution in [1.82, 2.24) is 0 Å². The monoisotopic (exact) mass is 357 g/mol. The van der Waals surface area contributed by atoms with Crippen molar-refractivity contribution in [3.05, 3.63) is 54.3 Å². The van der Waals surface area contributed by atoms with Crippen LogP contribution in [0.25, 0.3) is 11.0 Å². The van der Waals surface area contributed by atoms with Crippen LogP contribution in [-0.2, 0) is 10.0 Å². The highest BCUT2D eigenvalue weighted by atomic mass is 32.2. The zero-order chi connectivity index (χ0) is 17.3. The summed E-state index contributed by atoms with van der Waals surface area (Å²) >= 11 is 0. The first-order chi connectivity index (χ1) is 12.1. The fourth-order valence-corrected chi connectivity index (χ4v) is 3.41. The molecule has 0 spiro atoms. The lowest BCUT2D eigenvalue weighted by Gasteiger charge is -2.08. The Morgan fingerprint density at radius 2 is 1.76 bits per heavy atom. The van der Waals surface area contributed by atoms with Gasteiger partial charge in [0.05, 0.1) is 24.3 Å². The van der Waals surface area contributed by atoms with E-state index in [1.54, 1.807) is 12.1 Å². The maximum atomic E-state index is 12.5. The first kappa shape index (κ1) is 15.7. The Kier molecular flexibility index (Phi) is 3.93. The van der Waals surface area contributed by atoms with E-state index in [2.05, 4.69) is 4.40 Å². The molecule has 0 atom stereocenters. The van der Waals surface area contributed by atoms with Gasteiger partial charge in [-0.05, 0) is 24.3 Å². The predicted octanol–water partition coefficient (Wildman–Crippen LogP) is 3.40. The Labute approximate surface area is 144 Å². The van der Waals surface area contributed by atoms with Crippen molar-refractivity contribution >= 4 is 27.2 Å². The number of hydrogen-bond acceptors (Lipinski definition) is 5. The van der Waals surface area contributed by atoms with Gasteiger partial charge in [-0.15, -0.1) is 0 Å². The number of fused-ring (bicyclic) bond motifs is 2.